The van der Waals surface area contributed by atoms with E-state index in [4.69, 9.17) is 16.4 Å². The summed E-state index contributed by atoms with van der Waals surface area (Å²) in [5.74, 6) is 0. The van der Waals surface area contributed by atoms with Gasteiger partial charge in [-0.3, -0.25) is 0 Å². The summed E-state index contributed by atoms with van der Waals surface area (Å²) in [5.41, 5.74) is 3.18. The summed E-state index contributed by atoms with van der Waals surface area (Å²) in [5, 5.41) is 5.07. The van der Waals surface area contributed by atoms with Gasteiger partial charge in [0.25, 0.3) is 0 Å². The van der Waals surface area contributed by atoms with E-state index in [0.717, 1.165) is 41.1 Å². The lowest BCUT2D eigenvalue weighted by molar-refractivity contribution is 0.130. The number of halogens is 1. The number of oxime groups is 1. The van der Waals surface area contributed by atoms with E-state index in [1.807, 2.05) is 37.3 Å². The Balaban J connectivity index is 1.91. The van der Waals surface area contributed by atoms with Crippen LogP contribution in [0.4, 0.5) is 0 Å². The van der Waals surface area contributed by atoms with Crippen LogP contribution in [-0.4, -0.2) is 5.71 Å². The van der Waals surface area contributed by atoms with E-state index in [1.54, 1.807) is 0 Å². The first-order valence-corrected chi connectivity index (χ1v) is 6.23. The highest BCUT2D eigenvalue weighted by Crippen LogP contribution is 2.29. The highest BCUT2D eigenvalue weighted by Gasteiger charge is 2.15. The first-order valence-electron chi connectivity index (χ1n) is 5.86. The minimum Gasteiger partial charge on any atom is -0.391 e. The summed E-state index contributed by atoms with van der Waals surface area (Å²) >= 11 is 6.11. The Labute approximate surface area is 107 Å². The van der Waals surface area contributed by atoms with Crippen LogP contribution in [0.5, 0.6) is 0 Å². The van der Waals surface area contributed by atoms with Crippen molar-refractivity contribution in [1.29, 1.82) is 0 Å². The van der Waals surface area contributed by atoms with Crippen molar-refractivity contribution in [3.63, 3.8) is 0 Å². The fourth-order valence-electron chi connectivity index (χ4n) is 1.92. The lowest BCUT2D eigenvalue weighted by atomic mass is 10.1. The largest absolute Gasteiger partial charge is 0.391 e. The topological polar surface area (TPSA) is 21.6 Å². The Bertz CT molecular complexity index is 437. The van der Waals surface area contributed by atoms with E-state index in [-0.39, 0.29) is 0 Å². The molecule has 2 nitrogen and oxygen atoms in total. The quantitative estimate of drug-likeness (QED) is 0.577. The third-order valence-electron chi connectivity index (χ3n) is 2.86. The molecule has 0 atom stereocenters. The van der Waals surface area contributed by atoms with Gasteiger partial charge in [-0.25, -0.2) is 0 Å². The maximum atomic E-state index is 6.11. The standard InChI is InChI=1S/C14H16ClNO/c1-11(13-8-5-9-14(13)15)16-17-10-12-6-3-2-4-7-12/h2-4,6-7H,5,8-10H2,1H3/b16-11+. The summed E-state index contributed by atoms with van der Waals surface area (Å²) in [7, 11) is 0. The van der Waals surface area contributed by atoms with E-state index in [2.05, 4.69) is 5.16 Å². The van der Waals surface area contributed by atoms with Crippen LogP contribution in [0.25, 0.3) is 0 Å². The highest BCUT2D eigenvalue weighted by molar-refractivity contribution is 6.32. The number of hydrogen-bond donors (Lipinski definition) is 0. The van der Waals surface area contributed by atoms with Gasteiger partial charge >= 0.3 is 0 Å². The molecule has 1 aliphatic carbocycles. The molecule has 0 aliphatic heterocycles. The lowest BCUT2D eigenvalue weighted by Crippen LogP contribution is -1.98. The molecule has 17 heavy (non-hydrogen) atoms. The van der Waals surface area contributed by atoms with E-state index in [0.29, 0.717) is 6.61 Å². The van der Waals surface area contributed by atoms with Gasteiger partial charge in [0.2, 0.25) is 0 Å². The van der Waals surface area contributed by atoms with Crippen LogP contribution in [0.15, 0.2) is 46.1 Å². The Morgan fingerprint density at radius 1 is 1.29 bits per heavy atom. The predicted molar refractivity (Wildman–Crippen MR) is 71.1 cm³/mol. The van der Waals surface area contributed by atoms with Crippen molar-refractivity contribution in [2.75, 3.05) is 0 Å². The van der Waals surface area contributed by atoms with Crippen molar-refractivity contribution in [1.82, 2.24) is 0 Å². The molecule has 3 heteroatoms. The van der Waals surface area contributed by atoms with Crippen LogP contribution in [0, 0.1) is 0 Å². The smallest absolute Gasteiger partial charge is 0.142 e. The van der Waals surface area contributed by atoms with Crippen molar-refractivity contribution in [3.05, 3.63) is 46.5 Å². The first kappa shape index (κ1) is 12.2. The van der Waals surface area contributed by atoms with Gasteiger partial charge in [0.05, 0.1) is 5.71 Å². The molecule has 0 saturated heterocycles. The van der Waals surface area contributed by atoms with Crippen molar-refractivity contribution in [2.45, 2.75) is 32.8 Å². The average Bonchev–Trinajstić information content (AvgIpc) is 2.77. The van der Waals surface area contributed by atoms with Gasteiger partial charge in [0.15, 0.2) is 0 Å². The molecular weight excluding hydrogens is 234 g/mol. The van der Waals surface area contributed by atoms with Crippen LogP contribution >= 0.6 is 11.6 Å². The van der Waals surface area contributed by atoms with Crippen LogP contribution in [0.1, 0.15) is 31.7 Å². The Kier molecular flexibility index (Phi) is 4.21. The van der Waals surface area contributed by atoms with E-state index in [9.17, 15) is 0 Å². The molecule has 0 spiro atoms. The molecule has 0 heterocycles. The molecule has 0 saturated carbocycles. The summed E-state index contributed by atoms with van der Waals surface area (Å²) in [6.07, 6.45) is 3.12. The average molecular weight is 250 g/mol. The third-order valence-corrected chi connectivity index (χ3v) is 3.28. The molecule has 0 bridgehead atoms. The second-order valence-electron chi connectivity index (χ2n) is 4.17. The molecule has 2 rings (SSSR count). The van der Waals surface area contributed by atoms with Crippen molar-refractivity contribution >= 4 is 17.3 Å². The van der Waals surface area contributed by atoms with Crippen LogP contribution in [0.2, 0.25) is 0 Å². The first-order chi connectivity index (χ1) is 8.27. The summed E-state index contributed by atoms with van der Waals surface area (Å²) in [6, 6.07) is 10.0. The van der Waals surface area contributed by atoms with Gasteiger partial charge in [0.1, 0.15) is 6.61 Å². The van der Waals surface area contributed by atoms with E-state index < -0.39 is 0 Å². The lowest BCUT2D eigenvalue weighted by Gasteiger charge is -2.03. The maximum absolute atomic E-state index is 6.11. The Morgan fingerprint density at radius 3 is 2.71 bits per heavy atom. The molecule has 0 amide bonds. The molecule has 1 aromatic rings. The molecule has 1 aliphatic rings. The molecular formula is C14H16ClNO. The highest BCUT2D eigenvalue weighted by atomic mass is 35.5. The SMILES string of the molecule is C/C(=N\OCc1ccccc1)C1=C(Cl)CCC1. The normalized spacial score (nSPS) is 16.5. The number of hydrogen-bond acceptors (Lipinski definition) is 2. The monoisotopic (exact) mass is 249 g/mol. The van der Waals surface area contributed by atoms with Crippen molar-refractivity contribution < 1.29 is 4.84 Å². The summed E-state index contributed by atoms with van der Waals surface area (Å²) < 4.78 is 0. The summed E-state index contributed by atoms with van der Waals surface area (Å²) in [6.45, 7) is 2.46. The Morgan fingerprint density at radius 2 is 2.06 bits per heavy atom. The van der Waals surface area contributed by atoms with Gasteiger partial charge in [-0.2, -0.15) is 0 Å². The number of rotatable bonds is 4. The number of nitrogens with zero attached hydrogens (tertiary/aromatic N) is 1. The molecule has 0 N–H and O–H groups in total. The number of benzene rings is 1. The predicted octanol–water partition coefficient (Wildman–Crippen LogP) is 4.26. The van der Waals surface area contributed by atoms with Gasteiger partial charge in [0, 0.05) is 5.03 Å². The van der Waals surface area contributed by atoms with Gasteiger partial charge in [-0.15, -0.1) is 0 Å². The van der Waals surface area contributed by atoms with Gasteiger partial charge in [-0.05, 0) is 37.3 Å². The maximum Gasteiger partial charge on any atom is 0.142 e. The Hall–Kier alpha value is -1.28. The van der Waals surface area contributed by atoms with Crippen LogP contribution in [0.3, 0.4) is 0 Å². The fourth-order valence-corrected chi connectivity index (χ4v) is 2.28. The fraction of sp³-hybridized carbons (Fsp3) is 0.357. The van der Waals surface area contributed by atoms with E-state index >= 15 is 0 Å². The van der Waals surface area contributed by atoms with E-state index in [1.165, 1.54) is 0 Å². The minimum absolute atomic E-state index is 0.503. The summed E-state index contributed by atoms with van der Waals surface area (Å²) in [4.78, 5) is 5.34. The zero-order valence-electron chi connectivity index (χ0n) is 9.95. The van der Waals surface area contributed by atoms with Crippen LogP contribution in [-0.2, 0) is 11.4 Å². The van der Waals surface area contributed by atoms with Crippen LogP contribution < -0.4 is 0 Å². The zero-order valence-corrected chi connectivity index (χ0v) is 10.7. The molecule has 0 unspecified atom stereocenters. The second-order valence-corrected chi connectivity index (χ2v) is 4.63. The van der Waals surface area contributed by atoms with Crippen molar-refractivity contribution in [2.24, 2.45) is 5.16 Å². The molecule has 0 fully saturated rings. The molecule has 0 radical (unpaired) electrons. The molecule has 90 valence electrons. The third kappa shape index (κ3) is 3.34. The number of allylic oxidation sites excluding steroid dienone is 2. The second kappa shape index (κ2) is 5.87. The zero-order chi connectivity index (χ0) is 12.1. The molecule has 1 aromatic carbocycles. The van der Waals surface area contributed by atoms with Gasteiger partial charge < -0.3 is 4.84 Å². The van der Waals surface area contributed by atoms with Crippen molar-refractivity contribution in [3.8, 4) is 0 Å². The minimum atomic E-state index is 0.503. The van der Waals surface area contributed by atoms with Gasteiger partial charge in [-0.1, -0.05) is 47.1 Å². The molecule has 0 aromatic heterocycles.